The molecule has 0 N–H and O–H groups in total. The summed E-state index contributed by atoms with van der Waals surface area (Å²) in [4.78, 5) is 4.53. The quantitative estimate of drug-likeness (QED) is 0.778. The molecule has 0 saturated carbocycles. The van der Waals surface area contributed by atoms with Crippen molar-refractivity contribution in [2.24, 2.45) is 0 Å². The Balaban J connectivity index is 1.93. The van der Waals surface area contributed by atoms with E-state index < -0.39 is 0 Å². The molecule has 0 spiro atoms. The van der Waals surface area contributed by atoms with Gasteiger partial charge in [-0.2, -0.15) is 0 Å². The van der Waals surface area contributed by atoms with Gasteiger partial charge < -0.3 is 13.9 Å². The summed E-state index contributed by atoms with van der Waals surface area (Å²) in [5.41, 5.74) is -0.677. The molecule has 0 bridgehead atoms. The van der Waals surface area contributed by atoms with Crippen molar-refractivity contribution >= 4 is 39.2 Å². The van der Waals surface area contributed by atoms with Crippen LogP contribution in [0.15, 0.2) is 29.1 Å². The summed E-state index contributed by atoms with van der Waals surface area (Å²) < 4.78 is 15.9. The fourth-order valence-electron chi connectivity index (χ4n) is 1.97. The highest BCUT2D eigenvalue weighted by molar-refractivity contribution is 9.10. The molecule has 1 fully saturated rings. The Hall–Kier alpha value is -0.625. The van der Waals surface area contributed by atoms with Crippen molar-refractivity contribution in [3.8, 4) is 5.13 Å². The second kappa shape index (κ2) is 4.69. The minimum atomic E-state index is -0.379. The zero-order valence-electron chi connectivity index (χ0n) is 11.9. The Morgan fingerprint density at radius 3 is 2.25 bits per heavy atom. The van der Waals surface area contributed by atoms with E-state index in [0.29, 0.717) is 0 Å². The minimum absolute atomic E-state index is 0.339. The van der Waals surface area contributed by atoms with Crippen LogP contribution in [0.4, 0.5) is 0 Å². The maximum absolute atomic E-state index is 6.07. The lowest BCUT2D eigenvalue weighted by Gasteiger charge is -2.32. The van der Waals surface area contributed by atoms with Crippen molar-refractivity contribution in [2.45, 2.75) is 38.9 Å². The number of hydrogen-bond acceptors (Lipinski definition) is 4. The van der Waals surface area contributed by atoms with E-state index in [0.717, 1.165) is 14.5 Å². The normalized spacial score (nSPS) is 20.6. The Morgan fingerprint density at radius 1 is 1.15 bits per heavy atom. The molecule has 20 heavy (non-hydrogen) atoms. The summed E-state index contributed by atoms with van der Waals surface area (Å²) in [5.74, 6) is 0. The molecule has 3 rings (SSSR count). The molecule has 1 saturated heterocycles. The highest BCUT2D eigenvalue weighted by Crippen LogP contribution is 2.37. The van der Waals surface area contributed by atoms with E-state index >= 15 is 0 Å². The van der Waals surface area contributed by atoms with Crippen LogP contribution in [0.5, 0.6) is 0 Å². The Kier molecular flexibility index (Phi) is 3.36. The first kappa shape index (κ1) is 14.3. The van der Waals surface area contributed by atoms with Crippen molar-refractivity contribution in [1.82, 2.24) is 9.55 Å². The fraction of sp³-hybridized carbons (Fsp3) is 0.462. The fourth-order valence-corrected chi connectivity index (χ4v) is 3.57. The predicted molar refractivity (Wildman–Crippen MR) is 84.9 cm³/mol. The van der Waals surface area contributed by atoms with Crippen molar-refractivity contribution in [1.29, 1.82) is 0 Å². The van der Waals surface area contributed by atoms with Crippen LogP contribution in [0.25, 0.3) is 5.13 Å². The van der Waals surface area contributed by atoms with Crippen LogP contribution >= 0.6 is 27.3 Å². The average molecular weight is 355 g/mol. The molecular formula is C13H16BBrN2O2S. The third kappa shape index (κ3) is 2.26. The molecular weight excluding hydrogens is 339 g/mol. The maximum Gasteiger partial charge on any atom is 0.508 e. The SMILES string of the molecule is CC1(C)OB(c2sc(-n3cccc3)nc2Br)OC1(C)C. The molecule has 0 atom stereocenters. The molecule has 0 unspecified atom stereocenters. The summed E-state index contributed by atoms with van der Waals surface area (Å²) >= 11 is 5.08. The van der Waals surface area contributed by atoms with Gasteiger partial charge in [-0.3, -0.25) is 0 Å². The van der Waals surface area contributed by atoms with Gasteiger partial charge in [0, 0.05) is 12.4 Å². The highest BCUT2D eigenvalue weighted by Gasteiger charge is 2.53. The summed E-state index contributed by atoms with van der Waals surface area (Å²) in [5, 5.41) is 0.895. The number of rotatable bonds is 2. The second-order valence-electron chi connectivity index (χ2n) is 5.83. The van der Waals surface area contributed by atoms with Gasteiger partial charge >= 0.3 is 7.12 Å². The third-order valence-electron chi connectivity index (χ3n) is 3.89. The van der Waals surface area contributed by atoms with Crippen LogP contribution in [-0.4, -0.2) is 27.9 Å². The molecule has 0 aliphatic carbocycles. The first-order valence-electron chi connectivity index (χ1n) is 6.45. The van der Waals surface area contributed by atoms with Gasteiger partial charge in [0.15, 0.2) is 5.13 Å². The second-order valence-corrected chi connectivity index (χ2v) is 7.59. The van der Waals surface area contributed by atoms with Crippen LogP contribution in [-0.2, 0) is 9.31 Å². The van der Waals surface area contributed by atoms with Gasteiger partial charge in [-0.25, -0.2) is 4.98 Å². The van der Waals surface area contributed by atoms with Gasteiger partial charge in [0.2, 0.25) is 0 Å². The Bertz CT molecular complexity index is 608. The van der Waals surface area contributed by atoms with Crippen molar-refractivity contribution in [3.63, 3.8) is 0 Å². The largest absolute Gasteiger partial charge is 0.508 e. The molecule has 0 aromatic carbocycles. The number of hydrogen-bond donors (Lipinski definition) is 0. The summed E-state index contributed by atoms with van der Waals surface area (Å²) in [6.07, 6.45) is 3.94. The predicted octanol–water partition coefficient (Wildman–Crippen LogP) is 3.00. The van der Waals surface area contributed by atoms with Gasteiger partial charge in [-0.05, 0) is 55.8 Å². The van der Waals surface area contributed by atoms with Gasteiger partial charge in [-0.15, -0.1) is 11.3 Å². The molecule has 7 heteroatoms. The van der Waals surface area contributed by atoms with Crippen LogP contribution in [0.3, 0.4) is 0 Å². The zero-order chi connectivity index (χ0) is 14.5. The molecule has 2 aromatic heterocycles. The number of nitrogens with zero attached hydrogens (tertiary/aromatic N) is 2. The summed E-state index contributed by atoms with van der Waals surface area (Å²) in [6.45, 7) is 8.20. The van der Waals surface area contributed by atoms with E-state index in [-0.39, 0.29) is 18.3 Å². The van der Waals surface area contributed by atoms with E-state index in [2.05, 4.69) is 48.6 Å². The first-order valence-corrected chi connectivity index (χ1v) is 8.06. The van der Waals surface area contributed by atoms with Crippen LogP contribution < -0.4 is 4.78 Å². The molecule has 0 amide bonds. The van der Waals surface area contributed by atoms with Crippen molar-refractivity contribution in [2.75, 3.05) is 0 Å². The Labute approximate surface area is 131 Å². The third-order valence-corrected chi connectivity index (χ3v) is 5.85. The van der Waals surface area contributed by atoms with Crippen molar-refractivity contribution < 1.29 is 9.31 Å². The van der Waals surface area contributed by atoms with E-state index in [1.165, 1.54) is 0 Å². The van der Waals surface area contributed by atoms with E-state index in [4.69, 9.17) is 9.31 Å². The zero-order valence-corrected chi connectivity index (χ0v) is 14.3. The van der Waals surface area contributed by atoms with Gasteiger partial charge in [0.1, 0.15) is 4.60 Å². The monoisotopic (exact) mass is 354 g/mol. The van der Waals surface area contributed by atoms with Gasteiger partial charge in [-0.1, -0.05) is 0 Å². The molecule has 4 nitrogen and oxygen atoms in total. The van der Waals surface area contributed by atoms with Crippen LogP contribution in [0, 0.1) is 0 Å². The lowest BCUT2D eigenvalue weighted by atomic mass is 9.89. The number of thiazole rings is 1. The maximum atomic E-state index is 6.07. The van der Waals surface area contributed by atoms with E-state index in [1.54, 1.807) is 11.3 Å². The summed E-state index contributed by atoms with van der Waals surface area (Å²) in [6, 6.07) is 3.95. The van der Waals surface area contributed by atoms with Crippen LogP contribution in [0.1, 0.15) is 27.7 Å². The molecule has 1 aliphatic heterocycles. The lowest BCUT2D eigenvalue weighted by Crippen LogP contribution is -2.41. The van der Waals surface area contributed by atoms with E-state index in [9.17, 15) is 0 Å². The average Bonchev–Trinajstić information content (AvgIpc) is 2.98. The van der Waals surface area contributed by atoms with Gasteiger partial charge in [0.25, 0.3) is 0 Å². The molecule has 1 aliphatic rings. The van der Waals surface area contributed by atoms with Crippen molar-refractivity contribution in [3.05, 3.63) is 29.1 Å². The highest BCUT2D eigenvalue weighted by atomic mass is 79.9. The van der Waals surface area contributed by atoms with E-state index in [1.807, 2.05) is 29.1 Å². The van der Waals surface area contributed by atoms with Crippen LogP contribution in [0.2, 0.25) is 0 Å². The molecule has 106 valence electrons. The standard InChI is InChI=1S/C13H16BBrN2O2S/c1-12(2)13(3,4)19-14(18-12)9-10(15)16-11(20-9)17-7-5-6-8-17/h5-8H,1-4H3. The number of halogens is 1. The number of aromatic nitrogens is 2. The molecule has 3 heterocycles. The smallest absolute Gasteiger partial charge is 0.399 e. The molecule has 2 aromatic rings. The molecule has 0 radical (unpaired) electrons. The lowest BCUT2D eigenvalue weighted by molar-refractivity contribution is 0.00578. The minimum Gasteiger partial charge on any atom is -0.399 e. The Morgan fingerprint density at radius 2 is 1.70 bits per heavy atom. The topological polar surface area (TPSA) is 36.3 Å². The first-order chi connectivity index (χ1) is 9.30. The van der Waals surface area contributed by atoms with Gasteiger partial charge in [0.05, 0.1) is 16.0 Å². The summed E-state index contributed by atoms with van der Waals surface area (Å²) in [7, 11) is -0.379.